The standard InChI is InChI=1S/C43H40N14O11S4/c1-16(32(44)59)46-35(62)22-8-7-21-31(51-22)23-10-67-40(53-23)18(3)48-33(60)17(2)47-37(64)26-14-71-42(55-26)19(4)49-36(63)25-13-70-29(50-25)9-45-34(61)24-11-68-41(54-24)28(12-69-6)52-39(66)30(20(5)58)57-38(65)27-15-72-43(21)56-27/h7-8,10-11,13-15,19-20,28,30,58H,1-3,9,12H2,4-6H3,(H2,44,59)(H,45,61)(H,46,62)(H,47,64)(H,48,60)(H,49,63)(H,52,66)(H,57,65). The van der Waals surface area contributed by atoms with Crippen molar-refractivity contribution in [3.63, 3.8) is 0 Å². The number of pyridine rings is 1. The summed E-state index contributed by atoms with van der Waals surface area (Å²) in [7, 11) is 0. The van der Waals surface area contributed by atoms with E-state index in [0.717, 1.165) is 46.5 Å². The third-order valence-electron chi connectivity index (χ3n) is 9.88. The van der Waals surface area contributed by atoms with Crippen LogP contribution in [0.1, 0.15) is 100 Å². The number of thiazole rings is 3. The molecule has 372 valence electrons. The maximum atomic E-state index is 13.7. The number of hydrogen-bond acceptors (Lipinski definition) is 21. The van der Waals surface area contributed by atoms with Crippen molar-refractivity contribution in [2.24, 2.45) is 5.73 Å². The second kappa shape index (κ2) is 22.2. The second-order valence-corrected chi connectivity index (χ2v) is 18.8. The van der Waals surface area contributed by atoms with E-state index in [9.17, 15) is 43.5 Å². The van der Waals surface area contributed by atoms with Crippen molar-refractivity contribution in [2.75, 3.05) is 12.0 Å². The number of aliphatic hydroxyl groups excluding tert-OH is 1. The predicted molar refractivity (Wildman–Crippen MR) is 260 cm³/mol. The van der Waals surface area contributed by atoms with Crippen molar-refractivity contribution < 1.29 is 52.3 Å². The molecule has 0 spiro atoms. The molecule has 1 aliphatic rings. The average Bonchev–Trinajstić information content (AvgIpc) is 4.21. The van der Waals surface area contributed by atoms with Gasteiger partial charge < -0.3 is 56.9 Å². The van der Waals surface area contributed by atoms with Gasteiger partial charge in [0.25, 0.3) is 41.4 Å². The van der Waals surface area contributed by atoms with Gasteiger partial charge in [-0.25, -0.2) is 29.9 Å². The second-order valence-electron chi connectivity index (χ2n) is 15.2. The van der Waals surface area contributed by atoms with Gasteiger partial charge in [0, 0.05) is 27.5 Å². The fourth-order valence-corrected chi connectivity index (χ4v) is 9.11. The Morgan fingerprint density at radius 2 is 1.50 bits per heavy atom. The number of nitrogens with zero attached hydrogens (tertiary/aromatic N) is 6. The van der Waals surface area contributed by atoms with E-state index < -0.39 is 82.9 Å². The van der Waals surface area contributed by atoms with E-state index >= 15 is 0 Å². The number of amides is 8. The molecule has 1 aliphatic heterocycles. The van der Waals surface area contributed by atoms with Crippen LogP contribution in [0.25, 0.3) is 27.7 Å². The molecular weight excluding hydrogens is 1020 g/mol. The molecule has 6 aromatic heterocycles. The van der Waals surface area contributed by atoms with Gasteiger partial charge in [0.2, 0.25) is 17.7 Å². The van der Waals surface area contributed by atoms with Gasteiger partial charge >= 0.3 is 0 Å². The lowest BCUT2D eigenvalue weighted by molar-refractivity contribution is -0.126. The van der Waals surface area contributed by atoms with Crippen LogP contribution in [0.2, 0.25) is 0 Å². The molecule has 10 N–H and O–H groups in total. The first-order valence-electron chi connectivity index (χ1n) is 20.8. The Morgan fingerprint density at radius 3 is 2.24 bits per heavy atom. The van der Waals surface area contributed by atoms with Crippen LogP contribution in [0, 0.1) is 0 Å². The van der Waals surface area contributed by atoms with Crippen LogP contribution in [0.15, 0.2) is 80.8 Å². The first kappa shape index (κ1) is 51.6. The van der Waals surface area contributed by atoms with Gasteiger partial charge in [0.05, 0.1) is 35.8 Å². The Morgan fingerprint density at radius 1 is 0.819 bits per heavy atom. The number of thioether (sulfide) groups is 1. The van der Waals surface area contributed by atoms with Gasteiger partial charge in [-0.05, 0) is 32.2 Å². The minimum absolute atomic E-state index is 0.0367. The van der Waals surface area contributed by atoms with Crippen LogP contribution >= 0.6 is 45.8 Å². The number of rotatable bonds is 6. The first-order valence-corrected chi connectivity index (χ1v) is 24.8. The van der Waals surface area contributed by atoms with E-state index in [0.29, 0.717) is 10.0 Å². The molecule has 0 fully saturated rings. The summed E-state index contributed by atoms with van der Waals surface area (Å²) in [6, 6.07) is -0.454. The maximum Gasteiger partial charge on any atom is 0.275 e. The van der Waals surface area contributed by atoms with Gasteiger partial charge in [0.1, 0.15) is 73.8 Å². The van der Waals surface area contributed by atoms with Gasteiger partial charge in [-0.2, -0.15) is 11.8 Å². The molecule has 25 nitrogen and oxygen atoms in total. The molecule has 0 radical (unpaired) electrons. The molecule has 72 heavy (non-hydrogen) atoms. The molecule has 7 heterocycles. The van der Waals surface area contributed by atoms with Gasteiger partial charge in [-0.1, -0.05) is 19.7 Å². The molecule has 29 heteroatoms. The number of nitrogens with two attached hydrogens (primary N) is 1. The zero-order valence-corrected chi connectivity index (χ0v) is 41.1. The van der Waals surface area contributed by atoms with E-state index in [2.05, 4.69) is 86.9 Å². The fraction of sp³-hybridized carbons (Fsp3) is 0.209. The normalized spacial score (nSPS) is 17.9. The minimum Gasteiger partial charge on any atom is -0.446 e. The van der Waals surface area contributed by atoms with E-state index in [1.807, 2.05) is 0 Å². The largest absolute Gasteiger partial charge is 0.446 e. The Hall–Kier alpha value is -8.25. The molecule has 7 rings (SSSR count). The lowest BCUT2D eigenvalue weighted by Crippen LogP contribution is -2.53. The summed E-state index contributed by atoms with van der Waals surface area (Å²) in [5.41, 5.74) is 3.72. The number of primary amides is 1. The Bertz CT molecular complexity index is 3190. The summed E-state index contributed by atoms with van der Waals surface area (Å²) >= 11 is 4.45. The van der Waals surface area contributed by atoms with Gasteiger partial charge in [-0.15, -0.1) is 34.0 Å². The monoisotopic (exact) mass is 1060 g/mol. The van der Waals surface area contributed by atoms with Gasteiger partial charge in [-0.3, -0.25) is 38.4 Å². The van der Waals surface area contributed by atoms with Crippen LogP contribution < -0.4 is 43.0 Å². The molecule has 0 saturated heterocycles. The van der Waals surface area contributed by atoms with Crippen molar-refractivity contribution in [3.05, 3.63) is 122 Å². The summed E-state index contributed by atoms with van der Waals surface area (Å²) in [6.07, 6.45) is 2.53. The van der Waals surface area contributed by atoms with Crippen molar-refractivity contribution in [1.29, 1.82) is 0 Å². The SMILES string of the molecule is C=C(NC(=O)c1ccc2c(n1)-c1coc(n1)C(=C)NC(=O)C(=C)NC(=O)c1csc(n1)C(C)NC(=O)c1csc(n1)CNC(=O)c1coc(n1)C(CSC)NC(=O)C(C(C)O)NC(=O)c1csc-2n1)C(N)=O. The molecule has 6 aromatic rings. The number of carbonyl (C=O) groups excluding carboxylic acids is 8. The van der Waals surface area contributed by atoms with E-state index in [1.165, 1.54) is 47.0 Å². The number of carbonyl (C=O) groups is 8. The highest BCUT2D eigenvalue weighted by Gasteiger charge is 2.32. The predicted octanol–water partition coefficient (Wildman–Crippen LogP) is 1.95. The molecule has 0 aromatic carbocycles. The zero-order valence-electron chi connectivity index (χ0n) is 37.8. The third kappa shape index (κ3) is 12.0. The first-order chi connectivity index (χ1) is 34.3. The Labute approximate surface area is 422 Å². The molecule has 0 aliphatic carbocycles. The lowest BCUT2D eigenvalue weighted by atomic mass is 10.1. The summed E-state index contributed by atoms with van der Waals surface area (Å²) in [5, 5.41) is 33.5. The lowest BCUT2D eigenvalue weighted by Gasteiger charge is -2.23. The topological polar surface area (TPSA) is 371 Å². The van der Waals surface area contributed by atoms with Crippen molar-refractivity contribution >= 4 is 98.7 Å². The number of hydrogen-bond donors (Lipinski definition) is 9. The van der Waals surface area contributed by atoms with Gasteiger partial charge in [0.15, 0.2) is 5.69 Å². The number of aliphatic hydroxyl groups is 1. The Kier molecular flexibility index (Phi) is 15.9. The molecule has 0 saturated carbocycles. The van der Waals surface area contributed by atoms with Crippen LogP contribution in [0.4, 0.5) is 0 Å². The summed E-state index contributed by atoms with van der Waals surface area (Å²) in [6.45, 7) is 13.7. The smallest absolute Gasteiger partial charge is 0.275 e. The zero-order chi connectivity index (χ0) is 52.0. The van der Waals surface area contributed by atoms with Crippen molar-refractivity contribution in [1.82, 2.24) is 67.1 Å². The van der Waals surface area contributed by atoms with E-state index in [4.69, 9.17) is 14.6 Å². The molecule has 4 unspecified atom stereocenters. The maximum absolute atomic E-state index is 13.7. The van der Waals surface area contributed by atoms with Crippen LogP contribution in [0.3, 0.4) is 0 Å². The van der Waals surface area contributed by atoms with Crippen LogP contribution in [-0.2, 0) is 20.9 Å². The summed E-state index contributed by atoms with van der Waals surface area (Å²) in [4.78, 5) is 131. The number of fused-ring (bicyclic) bond motifs is 13. The van der Waals surface area contributed by atoms with Crippen LogP contribution in [0.5, 0.6) is 0 Å². The summed E-state index contributed by atoms with van der Waals surface area (Å²) in [5.74, 6) is -6.60. The molecule has 8 amide bonds. The number of oxazole rings is 2. The molecular formula is C43H40N14O11S4. The quantitative estimate of drug-likeness (QED) is 0.108. The fourth-order valence-electron chi connectivity index (χ4n) is 6.20. The highest BCUT2D eigenvalue weighted by Crippen LogP contribution is 2.33. The number of aromatic nitrogens is 6. The van der Waals surface area contributed by atoms with Crippen LogP contribution in [-0.4, -0.2) is 106 Å². The Balaban J connectivity index is 1.20. The van der Waals surface area contributed by atoms with E-state index in [1.54, 1.807) is 13.2 Å². The third-order valence-corrected chi connectivity index (χ3v) is 13.3. The van der Waals surface area contributed by atoms with Crippen molar-refractivity contribution in [2.45, 2.75) is 44.6 Å². The summed E-state index contributed by atoms with van der Waals surface area (Å²) < 4.78 is 11.2. The highest BCUT2D eigenvalue weighted by molar-refractivity contribution is 7.98. The minimum atomic E-state index is -1.54. The highest BCUT2D eigenvalue weighted by atomic mass is 32.2. The molecule has 10 bridgehead atoms. The molecule has 4 atom stereocenters. The van der Waals surface area contributed by atoms with E-state index in [-0.39, 0.29) is 80.2 Å². The van der Waals surface area contributed by atoms with Crippen molar-refractivity contribution in [3.8, 4) is 22.0 Å². The number of nitrogens with one attached hydrogen (secondary N) is 7. The average molecular weight is 1060 g/mol.